The van der Waals surface area contributed by atoms with E-state index in [0.717, 1.165) is 23.3 Å². The van der Waals surface area contributed by atoms with E-state index >= 15 is 0 Å². The molecule has 0 aliphatic rings. The molecule has 0 heterocycles. The summed E-state index contributed by atoms with van der Waals surface area (Å²) in [5.74, 6) is 1.48. The highest BCUT2D eigenvalue weighted by atomic mass is 16.5. The predicted octanol–water partition coefficient (Wildman–Crippen LogP) is 3.24. The van der Waals surface area contributed by atoms with E-state index in [1.807, 2.05) is 12.1 Å². The number of amidine groups is 1. The van der Waals surface area contributed by atoms with Gasteiger partial charge in [0.2, 0.25) is 0 Å². The van der Waals surface area contributed by atoms with Crippen molar-refractivity contribution in [3.8, 4) is 5.75 Å². The average molecular weight is 282 g/mol. The molecule has 0 aromatic heterocycles. The van der Waals surface area contributed by atoms with Gasteiger partial charge in [0.1, 0.15) is 11.6 Å². The van der Waals surface area contributed by atoms with Crippen LogP contribution in [0.25, 0.3) is 0 Å². The molecule has 110 valence electrons. The molecule has 2 aromatic rings. The summed E-state index contributed by atoms with van der Waals surface area (Å²) in [5, 5.41) is 0. The zero-order valence-electron chi connectivity index (χ0n) is 13.1. The van der Waals surface area contributed by atoms with Crippen molar-refractivity contribution < 1.29 is 4.74 Å². The minimum atomic E-state index is 0.587. The van der Waals surface area contributed by atoms with Gasteiger partial charge in [-0.15, -0.1) is 0 Å². The number of benzene rings is 2. The molecule has 0 saturated carbocycles. The second kappa shape index (κ2) is 6.44. The molecule has 3 nitrogen and oxygen atoms in total. The van der Waals surface area contributed by atoms with Gasteiger partial charge in [-0.2, -0.15) is 0 Å². The normalized spacial score (nSPS) is 11.5. The maximum Gasteiger partial charge on any atom is 0.125 e. The Morgan fingerprint density at radius 2 is 1.90 bits per heavy atom. The monoisotopic (exact) mass is 282 g/mol. The van der Waals surface area contributed by atoms with Crippen LogP contribution in [0.3, 0.4) is 0 Å². The van der Waals surface area contributed by atoms with Gasteiger partial charge in [0, 0.05) is 12.6 Å². The van der Waals surface area contributed by atoms with Crippen LogP contribution < -0.4 is 10.5 Å². The zero-order valence-corrected chi connectivity index (χ0v) is 13.1. The van der Waals surface area contributed by atoms with Gasteiger partial charge in [0.15, 0.2) is 0 Å². The lowest BCUT2D eigenvalue weighted by Crippen LogP contribution is -2.15. The van der Waals surface area contributed by atoms with Gasteiger partial charge < -0.3 is 10.5 Å². The van der Waals surface area contributed by atoms with Crippen LogP contribution in [0.4, 0.5) is 0 Å². The third kappa shape index (κ3) is 3.43. The van der Waals surface area contributed by atoms with Crippen LogP contribution in [0.2, 0.25) is 0 Å². The van der Waals surface area contributed by atoms with Gasteiger partial charge in [-0.25, -0.2) is 0 Å². The molecule has 0 saturated heterocycles. The molecular weight excluding hydrogens is 260 g/mol. The summed E-state index contributed by atoms with van der Waals surface area (Å²) in [7, 11) is 3.41. The van der Waals surface area contributed by atoms with E-state index in [4.69, 9.17) is 10.5 Å². The van der Waals surface area contributed by atoms with E-state index < -0.39 is 0 Å². The summed E-state index contributed by atoms with van der Waals surface area (Å²) in [6, 6.07) is 12.5. The Morgan fingerprint density at radius 1 is 1.14 bits per heavy atom. The number of aryl methyl sites for hydroxylation is 2. The van der Waals surface area contributed by atoms with Gasteiger partial charge in [-0.05, 0) is 60.7 Å². The predicted molar refractivity (Wildman–Crippen MR) is 88.4 cm³/mol. The molecule has 2 aromatic carbocycles. The van der Waals surface area contributed by atoms with Crippen molar-refractivity contribution in [1.82, 2.24) is 0 Å². The minimum absolute atomic E-state index is 0.587. The van der Waals surface area contributed by atoms with Gasteiger partial charge in [-0.3, -0.25) is 4.99 Å². The number of methoxy groups -OCH3 is 1. The largest absolute Gasteiger partial charge is 0.497 e. The van der Waals surface area contributed by atoms with Crippen molar-refractivity contribution in [2.24, 2.45) is 10.7 Å². The summed E-state index contributed by atoms with van der Waals surface area (Å²) in [5.41, 5.74) is 11.9. The Morgan fingerprint density at radius 3 is 2.57 bits per heavy atom. The second-order valence-electron chi connectivity index (χ2n) is 5.23. The minimum Gasteiger partial charge on any atom is -0.497 e. The molecule has 0 spiro atoms. The standard InChI is InChI=1S/C18H22N2O/c1-12-9-17(18(19)20-3)13(2)8-15(12)10-14-6-5-7-16(11-14)21-4/h5-9,11H,10H2,1-4H3,(H2,19,20). The molecular formula is C18H22N2O. The van der Waals surface area contributed by atoms with Crippen LogP contribution in [0.15, 0.2) is 41.4 Å². The first-order valence-electron chi connectivity index (χ1n) is 7.01. The average Bonchev–Trinajstić information content (AvgIpc) is 2.50. The Hall–Kier alpha value is -2.29. The van der Waals surface area contributed by atoms with Crippen LogP contribution in [0, 0.1) is 13.8 Å². The number of hydrogen-bond donors (Lipinski definition) is 1. The first-order chi connectivity index (χ1) is 10.0. The number of ether oxygens (including phenoxy) is 1. The van der Waals surface area contributed by atoms with E-state index in [9.17, 15) is 0 Å². The van der Waals surface area contributed by atoms with E-state index in [1.54, 1.807) is 14.2 Å². The molecule has 0 atom stereocenters. The molecule has 0 aliphatic heterocycles. The Labute approximate surface area is 126 Å². The van der Waals surface area contributed by atoms with Crippen LogP contribution >= 0.6 is 0 Å². The maximum absolute atomic E-state index is 5.94. The Bertz CT molecular complexity index is 675. The number of nitrogens with zero attached hydrogens (tertiary/aromatic N) is 1. The second-order valence-corrected chi connectivity index (χ2v) is 5.23. The summed E-state index contributed by atoms with van der Waals surface area (Å²) in [6.07, 6.45) is 0.882. The van der Waals surface area contributed by atoms with Crippen molar-refractivity contribution in [2.75, 3.05) is 14.2 Å². The SMILES string of the molecule is CN=C(N)c1cc(C)c(Cc2cccc(OC)c2)cc1C. The van der Waals surface area contributed by atoms with Gasteiger partial charge in [0.25, 0.3) is 0 Å². The van der Waals surface area contributed by atoms with Crippen LogP contribution in [-0.4, -0.2) is 20.0 Å². The van der Waals surface area contributed by atoms with Crippen molar-refractivity contribution in [3.05, 3.63) is 64.2 Å². The third-order valence-electron chi connectivity index (χ3n) is 3.73. The van der Waals surface area contributed by atoms with Gasteiger partial charge in [0.05, 0.1) is 7.11 Å². The summed E-state index contributed by atoms with van der Waals surface area (Å²) in [6.45, 7) is 4.18. The third-order valence-corrected chi connectivity index (χ3v) is 3.73. The van der Waals surface area contributed by atoms with Crippen LogP contribution in [-0.2, 0) is 6.42 Å². The lowest BCUT2D eigenvalue weighted by Gasteiger charge is -2.12. The molecule has 21 heavy (non-hydrogen) atoms. The highest BCUT2D eigenvalue weighted by molar-refractivity contribution is 5.98. The maximum atomic E-state index is 5.94. The lowest BCUT2D eigenvalue weighted by molar-refractivity contribution is 0.414. The first-order valence-corrected chi connectivity index (χ1v) is 7.01. The zero-order chi connectivity index (χ0) is 15.4. The van der Waals surface area contributed by atoms with E-state index in [-0.39, 0.29) is 0 Å². The summed E-state index contributed by atoms with van der Waals surface area (Å²) in [4.78, 5) is 4.07. The highest BCUT2D eigenvalue weighted by Crippen LogP contribution is 2.21. The fraction of sp³-hybridized carbons (Fsp3) is 0.278. The van der Waals surface area contributed by atoms with Crippen molar-refractivity contribution in [1.29, 1.82) is 0 Å². The van der Waals surface area contributed by atoms with Crippen LogP contribution in [0.1, 0.15) is 27.8 Å². The number of hydrogen-bond acceptors (Lipinski definition) is 2. The van der Waals surface area contributed by atoms with Gasteiger partial charge in [-0.1, -0.05) is 18.2 Å². The highest BCUT2D eigenvalue weighted by Gasteiger charge is 2.08. The molecule has 0 bridgehead atoms. The summed E-state index contributed by atoms with van der Waals surface area (Å²) >= 11 is 0. The molecule has 0 amide bonds. The number of aliphatic imine (C=N–C) groups is 1. The van der Waals surface area contributed by atoms with Crippen molar-refractivity contribution in [2.45, 2.75) is 20.3 Å². The van der Waals surface area contributed by atoms with Gasteiger partial charge >= 0.3 is 0 Å². The topological polar surface area (TPSA) is 47.6 Å². The number of nitrogens with two attached hydrogens (primary N) is 1. The van der Waals surface area contributed by atoms with Crippen LogP contribution in [0.5, 0.6) is 5.75 Å². The molecule has 0 unspecified atom stereocenters. The molecule has 2 N–H and O–H groups in total. The molecule has 3 heteroatoms. The molecule has 2 rings (SSSR count). The quantitative estimate of drug-likeness (QED) is 0.691. The smallest absolute Gasteiger partial charge is 0.125 e. The molecule has 0 aliphatic carbocycles. The fourth-order valence-electron chi connectivity index (χ4n) is 2.47. The lowest BCUT2D eigenvalue weighted by atomic mass is 9.95. The molecule has 0 fully saturated rings. The van der Waals surface area contributed by atoms with E-state index in [2.05, 4.69) is 43.1 Å². The Balaban J connectivity index is 2.34. The van der Waals surface area contributed by atoms with Crippen molar-refractivity contribution in [3.63, 3.8) is 0 Å². The first kappa shape index (κ1) is 15.1. The Kier molecular flexibility index (Phi) is 4.63. The summed E-state index contributed by atoms with van der Waals surface area (Å²) < 4.78 is 5.28. The number of rotatable bonds is 4. The van der Waals surface area contributed by atoms with E-state index in [0.29, 0.717) is 5.84 Å². The van der Waals surface area contributed by atoms with E-state index in [1.165, 1.54) is 16.7 Å². The molecule has 0 radical (unpaired) electrons. The fourth-order valence-corrected chi connectivity index (χ4v) is 2.47. The van der Waals surface area contributed by atoms with Crippen molar-refractivity contribution >= 4 is 5.84 Å².